The lowest BCUT2D eigenvalue weighted by atomic mass is 9.97. The van der Waals surface area contributed by atoms with Crippen LogP contribution < -0.4 is 0 Å². The van der Waals surface area contributed by atoms with E-state index in [-0.39, 0.29) is 13.2 Å². The maximum Gasteiger partial charge on any atom is 0.338 e. The fourth-order valence-electron chi connectivity index (χ4n) is 3.19. The van der Waals surface area contributed by atoms with Crippen molar-refractivity contribution in [2.24, 2.45) is 5.11 Å². The number of hydrogen-bond acceptors (Lipinski definition) is 7. The van der Waals surface area contributed by atoms with Crippen LogP contribution in [-0.2, 0) is 25.6 Å². The number of methoxy groups -OCH3 is 1. The molecule has 2 aromatic rings. The average Bonchev–Trinajstić information content (AvgIpc) is 2.79. The highest BCUT2D eigenvalue weighted by Crippen LogP contribution is 2.28. The van der Waals surface area contributed by atoms with Gasteiger partial charge < -0.3 is 24.1 Å². The molecule has 158 valence electrons. The SMILES string of the molecule is COC1OC(COC(=O)c2ccccc2)C(O)C(OCc2ccccc2)C1N=[N+]=[N-]. The van der Waals surface area contributed by atoms with Crippen molar-refractivity contribution in [1.82, 2.24) is 0 Å². The Labute approximate surface area is 173 Å². The van der Waals surface area contributed by atoms with Crippen molar-refractivity contribution in [2.75, 3.05) is 13.7 Å². The number of benzene rings is 2. The Kier molecular flexibility index (Phi) is 7.78. The topological polar surface area (TPSA) is 123 Å². The zero-order valence-electron chi connectivity index (χ0n) is 16.4. The molecule has 1 saturated heterocycles. The minimum Gasteiger partial charge on any atom is -0.459 e. The summed E-state index contributed by atoms with van der Waals surface area (Å²) in [5.74, 6) is -0.542. The van der Waals surface area contributed by atoms with Crippen LogP contribution in [0.25, 0.3) is 10.4 Å². The van der Waals surface area contributed by atoms with Crippen molar-refractivity contribution in [3.8, 4) is 0 Å². The van der Waals surface area contributed by atoms with Gasteiger partial charge in [0.05, 0.1) is 18.3 Å². The molecule has 1 heterocycles. The standard InChI is InChI=1S/C21H23N3O6/c1-27-21-17(23-24-22)19(28-12-14-8-4-2-5-9-14)18(25)16(30-21)13-29-20(26)15-10-6-3-7-11-15/h2-11,16-19,21,25H,12-13H2,1H3. The number of esters is 1. The summed E-state index contributed by atoms with van der Waals surface area (Å²) in [4.78, 5) is 15.0. The van der Waals surface area contributed by atoms with Gasteiger partial charge in [-0.25, -0.2) is 4.79 Å². The van der Waals surface area contributed by atoms with Gasteiger partial charge in [-0.1, -0.05) is 53.6 Å². The molecule has 9 heteroatoms. The van der Waals surface area contributed by atoms with Gasteiger partial charge in [0, 0.05) is 12.0 Å². The maximum absolute atomic E-state index is 12.2. The summed E-state index contributed by atoms with van der Waals surface area (Å²) < 4.78 is 22.2. The van der Waals surface area contributed by atoms with Crippen LogP contribution >= 0.6 is 0 Å². The van der Waals surface area contributed by atoms with Crippen molar-refractivity contribution in [3.05, 3.63) is 82.2 Å². The number of aliphatic hydroxyl groups excluding tert-OH is 1. The van der Waals surface area contributed by atoms with Crippen LogP contribution in [0.3, 0.4) is 0 Å². The highest BCUT2D eigenvalue weighted by molar-refractivity contribution is 5.89. The molecule has 0 bridgehead atoms. The number of azide groups is 1. The summed E-state index contributed by atoms with van der Waals surface area (Å²) in [6.45, 7) is -0.0318. The molecule has 5 atom stereocenters. The number of ether oxygens (including phenoxy) is 4. The van der Waals surface area contributed by atoms with Gasteiger partial charge >= 0.3 is 5.97 Å². The van der Waals surface area contributed by atoms with Crippen molar-refractivity contribution in [2.45, 2.75) is 37.3 Å². The third-order valence-corrected chi connectivity index (χ3v) is 4.73. The van der Waals surface area contributed by atoms with E-state index < -0.39 is 36.6 Å². The second kappa shape index (κ2) is 10.7. The molecule has 1 aliphatic heterocycles. The Morgan fingerprint density at radius 1 is 1.17 bits per heavy atom. The lowest BCUT2D eigenvalue weighted by Crippen LogP contribution is -2.59. The van der Waals surface area contributed by atoms with Gasteiger partial charge in [0.2, 0.25) is 0 Å². The van der Waals surface area contributed by atoms with Crippen LogP contribution in [0.1, 0.15) is 15.9 Å². The molecule has 2 aromatic carbocycles. The average molecular weight is 413 g/mol. The molecule has 0 radical (unpaired) electrons. The van der Waals surface area contributed by atoms with E-state index in [1.54, 1.807) is 30.3 Å². The van der Waals surface area contributed by atoms with Crippen molar-refractivity contribution < 1.29 is 28.8 Å². The smallest absolute Gasteiger partial charge is 0.338 e. The van der Waals surface area contributed by atoms with Gasteiger partial charge in [0.15, 0.2) is 6.29 Å². The first-order chi connectivity index (χ1) is 14.6. The predicted molar refractivity (Wildman–Crippen MR) is 106 cm³/mol. The first kappa shape index (κ1) is 21.8. The lowest BCUT2D eigenvalue weighted by Gasteiger charge is -2.42. The fraction of sp³-hybridized carbons (Fsp3) is 0.381. The summed E-state index contributed by atoms with van der Waals surface area (Å²) in [5.41, 5.74) is 10.2. The Hall–Kier alpha value is -2.94. The Balaban J connectivity index is 1.71. The summed E-state index contributed by atoms with van der Waals surface area (Å²) in [6, 6.07) is 16.9. The third kappa shape index (κ3) is 5.35. The minimum absolute atomic E-state index is 0.187. The molecule has 1 N–H and O–H groups in total. The van der Waals surface area contributed by atoms with E-state index in [1.165, 1.54) is 7.11 Å². The summed E-state index contributed by atoms with van der Waals surface area (Å²) in [6.07, 6.45) is -4.02. The molecular weight excluding hydrogens is 390 g/mol. The monoisotopic (exact) mass is 413 g/mol. The minimum atomic E-state index is -1.21. The molecule has 30 heavy (non-hydrogen) atoms. The second-order valence-electron chi connectivity index (χ2n) is 6.69. The van der Waals surface area contributed by atoms with Crippen molar-refractivity contribution >= 4 is 5.97 Å². The number of rotatable bonds is 8. The number of nitrogens with zero attached hydrogens (tertiary/aromatic N) is 3. The lowest BCUT2D eigenvalue weighted by molar-refractivity contribution is -0.266. The highest BCUT2D eigenvalue weighted by Gasteiger charge is 2.46. The molecule has 5 unspecified atom stereocenters. The van der Waals surface area contributed by atoms with E-state index in [1.807, 2.05) is 30.3 Å². The molecule has 1 aliphatic rings. The quantitative estimate of drug-likeness (QED) is 0.307. The Morgan fingerprint density at radius 3 is 2.47 bits per heavy atom. The molecule has 1 fully saturated rings. The molecule has 0 aliphatic carbocycles. The zero-order valence-corrected chi connectivity index (χ0v) is 16.4. The number of carbonyl (C=O) groups is 1. The number of aliphatic hydroxyl groups is 1. The largest absolute Gasteiger partial charge is 0.459 e. The fourth-order valence-corrected chi connectivity index (χ4v) is 3.19. The van der Waals surface area contributed by atoms with E-state index >= 15 is 0 Å². The first-order valence-corrected chi connectivity index (χ1v) is 9.42. The number of hydrogen-bond donors (Lipinski definition) is 1. The van der Waals surface area contributed by atoms with Gasteiger partial charge in [-0.15, -0.1) is 0 Å². The molecule has 0 spiro atoms. The van der Waals surface area contributed by atoms with Crippen molar-refractivity contribution in [3.63, 3.8) is 0 Å². The third-order valence-electron chi connectivity index (χ3n) is 4.73. The Morgan fingerprint density at radius 2 is 1.83 bits per heavy atom. The second-order valence-corrected chi connectivity index (χ2v) is 6.69. The van der Waals surface area contributed by atoms with Gasteiger partial charge in [-0.2, -0.15) is 0 Å². The van der Waals surface area contributed by atoms with Crippen LogP contribution in [0.2, 0.25) is 0 Å². The number of carbonyl (C=O) groups excluding carboxylic acids is 1. The molecule has 0 amide bonds. The van der Waals surface area contributed by atoms with Gasteiger partial charge in [-0.3, -0.25) is 0 Å². The molecular formula is C21H23N3O6. The van der Waals surface area contributed by atoms with E-state index in [4.69, 9.17) is 24.5 Å². The summed E-state index contributed by atoms with van der Waals surface area (Å²) in [7, 11) is 1.39. The molecule has 0 saturated carbocycles. The Bertz CT molecular complexity index is 860. The molecule has 3 rings (SSSR count). The predicted octanol–water partition coefficient (Wildman–Crippen LogP) is 2.84. The van der Waals surface area contributed by atoms with Crippen LogP contribution in [-0.4, -0.2) is 55.4 Å². The van der Waals surface area contributed by atoms with Gasteiger partial charge in [0.1, 0.15) is 24.9 Å². The van der Waals surface area contributed by atoms with E-state index in [0.29, 0.717) is 5.56 Å². The van der Waals surface area contributed by atoms with Crippen LogP contribution in [0.4, 0.5) is 0 Å². The maximum atomic E-state index is 12.2. The molecule has 0 aromatic heterocycles. The molecule has 9 nitrogen and oxygen atoms in total. The van der Waals surface area contributed by atoms with Crippen molar-refractivity contribution in [1.29, 1.82) is 0 Å². The van der Waals surface area contributed by atoms with Crippen LogP contribution in [0, 0.1) is 0 Å². The summed E-state index contributed by atoms with van der Waals surface area (Å²) in [5, 5.41) is 14.5. The normalized spacial score (nSPS) is 25.9. The van der Waals surface area contributed by atoms with Crippen LogP contribution in [0.5, 0.6) is 0 Å². The zero-order chi connectivity index (χ0) is 21.3. The first-order valence-electron chi connectivity index (χ1n) is 9.42. The van der Waals surface area contributed by atoms with E-state index in [9.17, 15) is 9.90 Å². The van der Waals surface area contributed by atoms with E-state index in [0.717, 1.165) is 5.56 Å². The highest BCUT2D eigenvalue weighted by atomic mass is 16.7. The van der Waals surface area contributed by atoms with Crippen LogP contribution in [0.15, 0.2) is 65.8 Å². The van der Waals surface area contributed by atoms with E-state index in [2.05, 4.69) is 10.0 Å². The van der Waals surface area contributed by atoms with Gasteiger partial charge in [-0.05, 0) is 23.2 Å². The van der Waals surface area contributed by atoms with Gasteiger partial charge in [0.25, 0.3) is 0 Å². The summed E-state index contributed by atoms with van der Waals surface area (Å²) >= 11 is 0.